The number of hydrogen-bond donors (Lipinski definition) is 1. The first kappa shape index (κ1) is 16.3. The molecule has 0 aliphatic heterocycles. The Morgan fingerprint density at radius 2 is 1.75 bits per heavy atom. The van der Waals surface area contributed by atoms with Gasteiger partial charge in [0.15, 0.2) is 0 Å². The second-order valence-electron chi connectivity index (χ2n) is 6.06. The van der Waals surface area contributed by atoms with Crippen LogP contribution in [-0.4, -0.2) is 17.7 Å². The van der Waals surface area contributed by atoms with Crippen LogP contribution < -0.4 is 5.73 Å². The Morgan fingerprint density at radius 1 is 1.20 bits per heavy atom. The highest BCUT2D eigenvalue weighted by molar-refractivity contribution is 5.95. The molecule has 1 fully saturated rings. The second kappa shape index (κ2) is 6.62. The van der Waals surface area contributed by atoms with E-state index in [4.69, 9.17) is 15.2 Å². The fourth-order valence-electron chi connectivity index (χ4n) is 2.15. The van der Waals surface area contributed by atoms with Crippen LogP contribution in [0, 0.1) is 5.92 Å². The largest absolute Gasteiger partial charge is 0.516 e. The molecule has 0 heterocycles. The van der Waals surface area contributed by atoms with E-state index in [1.54, 1.807) is 27.7 Å². The molecule has 0 bridgehead atoms. The van der Waals surface area contributed by atoms with Crippen molar-refractivity contribution in [2.75, 3.05) is 0 Å². The SMILES string of the molecule is CC(N)=C=C(C(=O)OC(=O)OC(C)(C)C)C1CCCC1. The lowest BCUT2D eigenvalue weighted by Gasteiger charge is -2.19. The van der Waals surface area contributed by atoms with Crippen LogP contribution in [-0.2, 0) is 14.3 Å². The molecule has 0 aromatic rings. The maximum absolute atomic E-state index is 12.1. The lowest BCUT2D eigenvalue weighted by Crippen LogP contribution is -2.27. The topological polar surface area (TPSA) is 78.6 Å². The van der Waals surface area contributed by atoms with Gasteiger partial charge < -0.3 is 15.2 Å². The molecule has 0 spiro atoms. The highest BCUT2D eigenvalue weighted by Gasteiger charge is 2.28. The summed E-state index contributed by atoms with van der Waals surface area (Å²) in [6.45, 7) is 6.76. The van der Waals surface area contributed by atoms with Gasteiger partial charge in [0.25, 0.3) is 0 Å². The Labute approximate surface area is 119 Å². The summed E-state index contributed by atoms with van der Waals surface area (Å²) in [5.41, 5.74) is 8.45. The summed E-state index contributed by atoms with van der Waals surface area (Å²) in [6, 6.07) is 0. The zero-order valence-electron chi connectivity index (χ0n) is 12.6. The van der Waals surface area contributed by atoms with E-state index < -0.39 is 17.7 Å². The summed E-state index contributed by atoms with van der Waals surface area (Å²) in [4.78, 5) is 23.6. The summed E-state index contributed by atoms with van der Waals surface area (Å²) in [6.07, 6.45) is 2.89. The van der Waals surface area contributed by atoms with E-state index in [-0.39, 0.29) is 5.92 Å². The van der Waals surface area contributed by atoms with Gasteiger partial charge in [-0.15, -0.1) is 0 Å². The monoisotopic (exact) mass is 281 g/mol. The fraction of sp³-hybridized carbons (Fsp3) is 0.667. The van der Waals surface area contributed by atoms with Crippen LogP contribution in [0.4, 0.5) is 4.79 Å². The van der Waals surface area contributed by atoms with E-state index in [2.05, 4.69) is 5.73 Å². The molecule has 5 nitrogen and oxygen atoms in total. The number of ether oxygens (including phenoxy) is 2. The second-order valence-corrected chi connectivity index (χ2v) is 6.06. The molecule has 5 heteroatoms. The lowest BCUT2D eigenvalue weighted by molar-refractivity contribution is -0.137. The molecule has 1 aliphatic rings. The maximum atomic E-state index is 12.1. The average Bonchev–Trinajstić information content (AvgIpc) is 2.75. The van der Waals surface area contributed by atoms with Gasteiger partial charge in [0.05, 0.1) is 5.57 Å². The smallest absolute Gasteiger partial charge is 0.428 e. The molecule has 0 amide bonds. The van der Waals surface area contributed by atoms with Crippen LogP contribution in [0.5, 0.6) is 0 Å². The third-order valence-corrected chi connectivity index (χ3v) is 2.88. The van der Waals surface area contributed by atoms with Crippen LogP contribution in [0.15, 0.2) is 17.0 Å². The first-order valence-corrected chi connectivity index (χ1v) is 6.87. The Hall–Kier alpha value is -1.74. The molecule has 0 aromatic heterocycles. The van der Waals surface area contributed by atoms with Crippen molar-refractivity contribution in [2.45, 2.75) is 59.0 Å². The van der Waals surface area contributed by atoms with E-state index in [1.807, 2.05) is 0 Å². The average molecular weight is 281 g/mol. The summed E-state index contributed by atoms with van der Waals surface area (Å²) >= 11 is 0. The Balaban J connectivity index is 2.80. The minimum atomic E-state index is -0.991. The van der Waals surface area contributed by atoms with Gasteiger partial charge >= 0.3 is 12.1 Å². The van der Waals surface area contributed by atoms with Crippen molar-refractivity contribution < 1.29 is 19.1 Å². The van der Waals surface area contributed by atoms with Gasteiger partial charge in [0.2, 0.25) is 0 Å². The van der Waals surface area contributed by atoms with Gasteiger partial charge in [-0.3, -0.25) is 0 Å². The van der Waals surface area contributed by atoms with Gasteiger partial charge in [-0.25, -0.2) is 9.59 Å². The van der Waals surface area contributed by atoms with Gasteiger partial charge in [-0.1, -0.05) is 18.6 Å². The Bertz CT molecular complexity index is 443. The van der Waals surface area contributed by atoms with Crippen molar-refractivity contribution in [3.8, 4) is 0 Å². The third-order valence-electron chi connectivity index (χ3n) is 2.88. The van der Waals surface area contributed by atoms with Gasteiger partial charge in [0.1, 0.15) is 5.60 Å². The summed E-state index contributed by atoms with van der Waals surface area (Å²) in [7, 11) is 0. The van der Waals surface area contributed by atoms with E-state index >= 15 is 0 Å². The first-order valence-electron chi connectivity index (χ1n) is 6.87. The van der Waals surface area contributed by atoms with Crippen LogP contribution >= 0.6 is 0 Å². The van der Waals surface area contributed by atoms with Crippen molar-refractivity contribution in [1.82, 2.24) is 0 Å². The quantitative estimate of drug-likeness (QED) is 0.364. The zero-order chi connectivity index (χ0) is 15.3. The summed E-state index contributed by atoms with van der Waals surface area (Å²) in [5.74, 6) is -0.653. The molecule has 0 radical (unpaired) electrons. The molecule has 20 heavy (non-hydrogen) atoms. The Morgan fingerprint density at radius 3 is 2.20 bits per heavy atom. The van der Waals surface area contributed by atoms with Crippen LogP contribution in [0.3, 0.4) is 0 Å². The fourth-order valence-corrected chi connectivity index (χ4v) is 2.15. The predicted molar refractivity (Wildman–Crippen MR) is 74.7 cm³/mol. The number of esters is 1. The van der Waals surface area contributed by atoms with Crippen molar-refractivity contribution in [1.29, 1.82) is 0 Å². The van der Waals surface area contributed by atoms with E-state index in [9.17, 15) is 9.59 Å². The minimum absolute atomic E-state index is 0.0587. The molecule has 1 aliphatic carbocycles. The zero-order valence-corrected chi connectivity index (χ0v) is 12.6. The van der Waals surface area contributed by atoms with E-state index in [0.717, 1.165) is 25.7 Å². The Kier molecular flexibility index (Phi) is 5.40. The van der Waals surface area contributed by atoms with E-state index in [1.165, 1.54) is 0 Å². The third kappa shape index (κ3) is 5.49. The number of rotatable bonds is 2. The van der Waals surface area contributed by atoms with Crippen LogP contribution in [0.2, 0.25) is 0 Å². The predicted octanol–water partition coefficient (Wildman–Crippen LogP) is 3.04. The number of nitrogens with two attached hydrogens (primary N) is 1. The molecule has 1 saturated carbocycles. The van der Waals surface area contributed by atoms with Gasteiger partial charge in [-0.2, -0.15) is 0 Å². The standard InChI is InChI=1S/C15H23NO4/c1-10(16)9-12(11-7-5-6-8-11)13(17)19-14(18)20-15(2,3)4/h11H,5-8,16H2,1-4H3. The molecule has 0 atom stereocenters. The van der Waals surface area contributed by atoms with Crippen molar-refractivity contribution in [2.24, 2.45) is 11.7 Å². The van der Waals surface area contributed by atoms with Gasteiger partial charge in [0, 0.05) is 5.70 Å². The highest BCUT2D eigenvalue weighted by Crippen LogP contribution is 2.31. The van der Waals surface area contributed by atoms with Crippen molar-refractivity contribution in [3.05, 3.63) is 17.0 Å². The number of carbonyl (C=O) groups excluding carboxylic acids is 2. The molecular weight excluding hydrogens is 258 g/mol. The summed E-state index contributed by atoms with van der Waals surface area (Å²) in [5, 5.41) is 0. The molecule has 0 aromatic carbocycles. The molecular formula is C15H23NO4. The molecule has 1 rings (SSSR count). The molecule has 112 valence electrons. The van der Waals surface area contributed by atoms with Crippen molar-refractivity contribution in [3.63, 3.8) is 0 Å². The summed E-state index contributed by atoms with van der Waals surface area (Å²) < 4.78 is 9.70. The number of carbonyl (C=O) groups is 2. The molecule has 0 saturated heterocycles. The van der Waals surface area contributed by atoms with Crippen LogP contribution in [0.1, 0.15) is 53.4 Å². The lowest BCUT2D eigenvalue weighted by atomic mass is 9.98. The molecule has 0 unspecified atom stereocenters. The van der Waals surface area contributed by atoms with Gasteiger partial charge in [-0.05, 0) is 46.5 Å². The van der Waals surface area contributed by atoms with Crippen LogP contribution in [0.25, 0.3) is 0 Å². The highest BCUT2D eigenvalue weighted by atomic mass is 16.7. The van der Waals surface area contributed by atoms with E-state index in [0.29, 0.717) is 11.3 Å². The minimum Gasteiger partial charge on any atom is -0.428 e. The van der Waals surface area contributed by atoms with Crippen molar-refractivity contribution >= 4 is 12.1 Å². The number of hydrogen-bond acceptors (Lipinski definition) is 5. The maximum Gasteiger partial charge on any atom is 0.516 e. The molecule has 2 N–H and O–H groups in total. The normalized spacial score (nSPS) is 15.4. The first-order chi connectivity index (χ1) is 9.19.